The van der Waals surface area contributed by atoms with E-state index in [-0.39, 0.29) is 6.10 Å². The Morgan fingerprint density at radius 3 is 2.50 bits per heavy atom. The average Bonchev–Trinajstić information content (AvgIpc) is 1.83. The number of hydrogen-bond donors (Lipinski definition) is 1. The molecule has 0 spiro atoms. The van der Waals surface area contributed by atoms with E-state index in [2.05, 4.69) is 13.8 Å². The third kappa shape index (κ3) is 2.20. The molecule has 1 rings (SSSR count). The summed E-state index contributed by atoms with van der Waals surface area (Å²) in [5.74, 6) is 0.836. The van der Waals surface area contributed by atoms with Crippen molar-refractivity contribution in [2.75, 3.05) is 0 Å². The highest BCUT2D eigenvalue weighted by Gasteiger charge is 2.37. The number of hydrogen-bond acceptors (Lipinski definition) is 1. The lowest BCUT2D eigenvalue weighted by molar-refractivity contribution is -0.104. The zero-order valence-corrected chi connectivity index (χ0v) is 8.21. The minimum absolute atomic E-state index is 0.340. The van der Waals surface area contributed by atoms with E-state index in [1.165, 1.54) is 0 Å². The molecule has 1 fully saturated rings. The Balaban J connectivity index is 2.54. The Kier molecular flexibility index (Phi) is 2.79. The SMILES string of the molecule is CC(C)[C@@H]1CC[C@@](C)([O])C[C@H]1O. The predicted molar refractivity (Wildman–Crippen MR) is 47.3 cm³/mol. The Labute approximate surface area is 74.6 Å². The summed E-state index contributed by atoms with van der Waals surface area (Å²) in [6.45, 7) is 5.93. The van der Waals surface area contributed by atoms with Crippen LogP contribution in [-0.4, -0.2) is 16.8 Å². The van der Waals surface area contributed by atoms with Crippen LogP contribution < -0.4 is 0 Å². The second kappa shape index (κ2) is 3.35. The molecule has 0 aromatic heterocycles. The maximum Gasteiger partial charge on any atom is 0.103 e. The molecule has 0 heterocycles. The van der Waals surface area contributed by atoms with Gasteiger partial charge in [-0.1, -0.05) is 13.8 Å². The van der Waals surface area contributed by atoms with Gasteiger partial charge in [-0.25, -0.2) is 5.11 Å². The largest absolute Gasteiger partial charge is 0.393 e. The summed E-state index contributed by atoms with van der Waals surface area (Å²) in [6.07, 6.45) is 1.66. The first-order chi connectivity index (χ1) is 5.42. The Morgan fingerprint density at radius 2 is 2.08 bits per heavy atom. The van der Waals surface area contributed by atoms with Crippen molar-refractivity contribution in [3.8, 4) is 0 Å². The summed E-state index contributed by atoms with van der Waals surface area (Å²) in [7, 11) is 0. The van der Waals surface area contributed by atoms with Crippen molar-refractivity contribution in [1.29, 1.82) is 0 Å². The van der Waals surface area contributed by atoms with Crippen LogP contribution in [0.5, 0.6) is 0 Å². The molecule has 0 aliphatic heterocycles. The third-order valence-electron chi connectivity index (χ3n) is 3.00. The summed E-state index contributed by atoms with van der Waals surface area (Å²) in [5, 5.41) is 21.2. The van der Waals surface area contributed by atoms with E-state index >= 15 is 0 Å². The van der Waals surface area contributed by atoms with Gasteiger partial charge in [0.15, 0.2) is 0 Å². The van der Waals surface area contributed by atoms with Gasteiger partial charge in [-0.15, -0.1) is 0 Å². The number of aliphatic hydroxyl groups is 1. The van der Waals surface area contributed by atoms with Gasteiger partial charge in [0.25, 0.3) is 0 Å². The number of aliphatic hydroxyl groups excluding tert-OH is 1. The quantitative estimate of drug-likeness (QED) is 0.644. The molecule has 12 heavy (non-hydrogen) atoms. The monoisotopic (exact) mass is 171 g/mol. The highest BCUT2D eigenvalue weighted by atomic mass is 16.3. The summed E-state index contributed by atoms with van der Waals surface area (Å²) in [4.78, 5) is 0. The second-order valence-corrected chi connectivity index (χ2v) is 4.67. The molecule has 1 saturated carbocycles. The fourth-order valence-corrected chi connectivity index (χ4v) is 2.14. The van der Waals surface area contributed by atoms with Gasteiger partial charge >= 0.3 is 0 Å². The standard InChI is InChI=1S/C10H19O2/c1-7(2)8-4-5-10(3,12)6-9(8)11/h7-9,11H,4-6H2,1-3H3/t8-,9+,10+/m0/s1. The molecule has 0 unspecified atom stereocenters. The van der Waals surface area contributed by atoms with E-state index in [9.17, 15) is 10.2 Å². The van der Waals surface area contributed by atoms with Crippen molar-refractivity contribution in [3.05, 3.63) is 0 Å². The van der Waals surface area contributed by atoms with Gasteiger partial charge in [0, 0.05) is 6.42 Å². The summed E-state index contributed by atoms with van der Waals surface area (Å²) in [5.41, 5.74) is -0.884. The first-order valence-electron chi connectivity index (χ1n) is 4.81. The van der Waals surface area contributed by atoms with Crippen molar-refractivity contribution in [2.24, 2.45) is 11.8 Å². The third-order valence-corrected chi connectivity index (χ3v) is 3.00. The Morgan fingerprint density at radius 1 is 1.50 bits per heavy atom. The molecule has 0 aromatic carbocycles. The molecule has 71 valence electrons. The lowest BCUT2D eigenvalue weighted by Crippen LogP contribution is -2.40. The first-order valence-corrected chi connectivity index (χ1v) is 4.81. The lowest BCUT2D eigenvalue weighted by Gasteiger charge is -2.37. The molecular weight excluding hydrogens is 152 g/mol. The molecule has 1 aliphatic rings. The highest BCUT2D eigenvalue weighted by molar-refractivity contribution is 4.88. The van der Waals surface area contributed by atoms with E-state index < -0.39 is 5.60 Å². The van der Waals surface area contributed by atoms with Crippen LogP contribution in [0.4, 0.5) is 0 Å². The van der Waals surface area contributed by atoms with Crippen LogP contribution in [0.1, 0.15) is 40.0 Å². The minimum atomic E-state index is -0.884. The van der Waals surface area contributed by atoms with Gasteiger partial charge in [-0.2, -0.15) is 0 Å². The lowest BCUT2D eigenvalue weighted by atomic mass is 9.73. The van der Waals surface area contributed by atoms with Crippen LogP contribution in [-0.2, 0) is 5.11 Å². The van der Waals surface area contributed by atoms with Crippen LogP contribution in [0.3, 0.4) is 0 Å². The summed E-state index contributed by atoms with van der Waals surface area (Å²) in [6, 6.07) is 0. The van der Waals surface area contributed by atoms with Crippen molar-refractivity contribution >= 4 is 0 Å². The molecule has 1 aliphatic carbocycles. The Bertz CT molecular complexity index is 152. The Hall–Kier alpha value is -0.0800. The van der Waals surface area contributed by atoms with E-state index in [1.807, 2.05) is 0 Å². The van der Waals surface area contributed by atoms with Crippen LogP contribution in [0.25, 0.3) is 0 Å². The van der Waals surface area contributed by atoms with E-state index in [0.717, 1.165) is 6.42 Å². The molecular formula is C10H19O2. The van der Waals surface area contributed by atoms with Gasteiger partial charge in [-0.3, -0.25) is 0 Å². The molecule has 0 bridgehead atoms. The molecule has 3 atom stereocenters. The van der Waals surface area contributed by atoms with Crippen molar-refractivity contribution in [1.82, 2.24) is 0 Å². The fraction of sp³-hybridized carbons (Fsp3) is 1.00. The van der Waals surface area contributed by atoms with Gasteiger partial charge in [0.1, 0.15) is 5.60 Å². The maximum absolute atomic E-state index is 11.5. The van der Waals surface area contributed by atoms with Crippen LogP contribution in [0.2, 0.25) is 0 Å². The fourth-order valence-electron chi connectivity index (χ4n) is 2.14. The maximum atomic E-state index is 11.5. The van der Waals surface area contributed by atoms with E-state index in [1.54, 1.807) is 6.92 Å². The highest BCUT2D eigenvalue weighted by Crippen LogP contribution is 2.35. The van der Waals surface area contributed by atoms with Gasteiger partial charge < -0.3 is 5.11 Å². The average molecular weight is 171 g/mol. The van der Waals surface area contributed by atoms with Crippen LogP contribution >= 0.6 is 0 Å². The first kappa shape index (κ1) is 10.0. The second-order valence-electron chi connectivity index (χ2n) is 4.67. The summed E-state index contributed by atoms with van der Waals surface area (Å²) < 4.78 is 0. The molecule has 1 N–H and O–H groups in total. The molecule has 2 heteroatoms. The molecule has 0 amide bonds. The van der Waals surface area contributed by atoms with E-state index in [4.69, 9.17) is 0 Å². The van der Waals surface area contributed by atoms with E-state index in [0.29, 0.717) is 24.7 Å². The molecule has 1 radical (unpaired) electrons. The molecule has 0 saturated heterocycles. The normalized spacial score (nSPS) is 43.5. The van der Waals surface area contributed by atoms with Crippen molar-refractivity contribution in [2.45, 2.75) is 51.7 Å². The topological polar surface area (TPSA) is 40.1 Å². The zero-order valence-electron chi connectivity index (χ0n) is 8.21. The molecule has 2 nitrogen and oxygen atoms in total. The smallest absolute Gasteiger partial charge is 0.103 e. The van der Waals surface area contributed by atoms with Crippen LogP contribution in [0.15, 0.2) is 0 Å². The molecule has 0 aromatic rings. The van der Waals surface area contributed by atoms with Gasteiger partial charge in [0.2, 0.25) is 0 Å². The van der Waals surface area contributed by atoms with Crippen molar-refractivity contribution < 1.29 is 10.2 Å². The van der Waals surface area contributed by atoms with Crippen molar-refractivity contribution in [3.63, 3.8) is 0 Å². The van der Waals surface area contributed by atoms with Gasteiger partial charge in [0.05, 0.1) is 6.10 Å². The zero-order chi connectivity index (χ0) is 9.35. The predicted octanol–water partition coefficient (Wildman–Crippen LogP) is 1.99. The summed E-state index contributed by atoms with van der Waals surface area (Å²) >= 11 is 0. The van der Waals surface area contributed by atoms with Crippen LogP contribution in [0, 0.1) is 11.8 Å². The number of rotatable bonds is 1. The minimum Gasteiger partial charge on any atom is -0.393 e. The van der Waals surface area contributed by atoms with Gasteiger partial charge in [-0.05, 0) is 31.6 Å².